The van der Waals surface area contributed by atoms with E-state index in [9.17, 15) is 4.79 Å². The largest absolute Gasteiger partial charge is 0.289 e. The predicted molar refractivity (Wildman–Crippen MR) is 94.9 cm³/mol. The van der Waals surface area contributed by atoms with Gasteiger partial charge in [-0.25, -0.2) is 15.0 Å². The average molecular weight is 339 g/mol. The fourth-order valence-corrected chi connectivity index (χ4v) is 2.97. The number of anilines is 1. The SMILES string of the molecule is Cc1ccc(-c2nc(C(=O)NNc3nc(C)cc(C)n3)cs2)cc1. The van der Waals surface area contributed by atoms with Gasteiger partial charge in [-0.2, -0.15) is 0 Å². The summed E-state index contributed by atoms with van der Waals surface area (Å²) in [5.41, 5.74) is 9.49. The van der Waals surface area contributed by atoms with Crippen LogP contribution in [-0.4, -0.2) is 20.9 Å². The van der Waals surface area contributed by atoms with Crippen LogP contribution in [0.4, 0.5) is 5.95 Å². The molecule has 0 aliphatic rings. The van der Waals surface area contributed by atoms with Crippen LogP contribution >= 0.6 is 11.3 Å². The number of hydrogen-bond donors (Lipinski definition) is 2. The molecule has 0 spiro atoms. The Kier molecular flexibility index (Phi) is 4.52. The normalized spacial score (nSPS) is 10.5. The summed E-state index contributed by atoms with van der Waals surface area (Å²) in [5.74, 6) is 0.0298. The fourth-order valence-electron chi connectivity index (χ4n) is 2.17. The number of nitrogens with one attached hydrogen (secondary N) is 2. The number of benzene rings is 1. The van der Waals surface area contributed by atoms with E-state index in [4.69, 9.17) is 0 Å². The van der Waals surface area contributed by atoms with E-state index < -0.39 is 0 Å². The number of thiazole rings is 1. The summed E-state index contributed by atoms with van der Waals surface area (Å²) in [7, 11) is 0. The zero-order valence-corrected chi connectivity index (χ0v) is 14.4. The highest BCUT2D eigenvalue weighted by atomic mass is 32.1. The van der Waals surface area contributed by atoms with Crippen LogP contribution in [0.1, 0.15) is 27.4 Å². The number of carbonyl (C=O) groups is 1. The molecule has 0 saturated heterocycles. The molecule has 0 atom stereocenters. The third-order valence-electron chi connectivity index (χ3n) is 3.31. The third kappa shape index (κ3) is 3.75. The summed E-state index contributed by atoms with van der Waals surface area (Å²) >= 11 is 1.43. The van der Waals surface area contributed by atoms with Crippen molar-refractivity contribution in [3.8, 4) is 10.6 Å². The van der Waals surface area contributed by atoms with Crippen LogP contribution in [-0.2, 0) is 0 Å². The number of nitrogens with zero attached hydrogens (tertiary/aromatic N) is 3. The molecule has 2 heterocycles. The molecule has 1 aromatic carbocycles. The van der Waals surface area contributed by atoms with Crippen molar-refractivity contribution in [2.45, 2.75) is 20.8 Å². The maximum Gasteiger partial charge on any atom is 0.289 e. The lowest BCUT2D eigenvalue weighted by molar-refractivity contribution is 0.0958. The molecule has 6 nitrogen and oxygen atoms in total. The Balaban J connectivity index is 1.68. The van der Waals surface area contributed by atoms with Crippen molar-refractivity contribution in [2.75, 3.05) is 5.43 Å². The fraction of sp³-hybridized carbons (Fsp3) is 0.176. The zero-order valence-electron chi connectivity index (χ0n) is 13.6. The van der Waals surface area contributed by atoms with E-state index in [-0.39, 0.29) is 5.91 Å². The highest BCUT2D eigenvalue weighted by molar-refractivity contribution is 7.13. The molecule has 0 fully saturated rings. The Morgan fingerprint density at radius 2 is 1.67 bits per heavy atom. The van der Waals surface area contributed by atoms with Gasteiger partial charge < -0.3 is 0 Å². The number of aryl methyl sites for hydroxylation is 3. The molecule has 3 rings (SSSR count). The van der Waals surface area contributed by atoms with E-state index in [2.05, 4.69) is 25.8 Å². The Hall–Kier alpha value is -2.80. The summed E-state index contributed by atoms with van der Waals surface area (Å²) in [5, 5.41) is 2.54. The quantitative estimate of drug-likeness (QED) is 0.713. The standard InChI is InChI=1S/C17H17N5OS/c1-10-4-6-13(7-5-10)16-20-14(9-24-16)15(23)21-22-17-18-11(2)8-12(3)19-17/h4-9H,1-3H3,(H,21,23)(H,18,19,22). The minimum atomic E-state index is -0.327. The molecule has 2 aromatic heterocycles. The number of aromatic nitrogens is 3. The molecule has 2 N–H and O–H groups in total. The highest BCUT2D eigenvalue weighted by Gasteiger charge is 2.12. The second kappa shape index (κ2) is 6.76. The smallest absolute Gasteiger partial charge is 0.266 e. The molecule has 0 bridgehead atoms. The maximum absolute atomic E-state index is 12.2. The van der Waals surface area contributed by atoms with Gasteiger partial charge in [-0.1, -0.05) is 29.8 Å². The van der Waals surface area contributed by atoms with Crippen LogP contribution in [0.2, 0.25) is 0 Å². The minimum Gasteiger partial charge on any atom is -0.266 e. The number of carbonyl (C=O) groups excluding carboxylic acids is 1. The lowest BCUT2D eigenvalue weighted by Crippen LogP contribution is -2.30. The lowest BCUT2D eigenvalue weighted by Gasteiger charge is -2.06. The topological polar surface area (TPSA) is 79.8 Å². The molecular weight excluding hydrogens is 322 g/mol. The maximum atomic E-state index is 12.2. The summed E-state index contributed by atoms with van der Waals surface area (Å²) in [6, 6.07) is 9.90. The van der Waals surface area contributed by atoms with Gasteiger partial charge in [-0.05, 0) is 26.8 Å². The second-order valence-corrected chi connectivity index (χ2v) is 6.32. The molecule has 0 aliphatic heterocycles. The zero-order chi connectivity index (χ0) is 17.1. The number of amides is 1. The lowest BCUT2D eigenvalue weighted by atomic mass is 10.2. The number of hydrazine groups is 1. The first-order valence-electron chi connectivity index (χ1n) is 7.42. The summed E-state index contributed by atoms with van der Waals surface area (Å²) in [4.78, 5) is 25.0. The molecule has 24 heavy (non-hydrogen) atoms. The first kappa shape index (κ1) is 16.1. The molecule has 122 valence electrons. The molecule has 1 amide bonds. The van der Waals surface area contributed by atoms with Gasteiger partial charge in [0.15, 0.2) is 0 Å². The Morgan fingerprint density at radius 3 is 2.33 bits per heavy atom. The molecule has 0 aliphatic carbocycles. The summed E-state index contributed by atoms with van der Waals surface area (Å²) in [6.45, 7) is 5.77. The van der Waals surface area contributed by atoms with E-state index in [1.807, 2.05) is 51.1 Å². The molecule has 0 radical (unpaired) electrons. The van der Waals surface area contributed by atoms with Crippen LogP contribution in [0, 0.1) is 20.8 Å². The van der Waals surface area contributed by atoms with Gasteiger partial charge >= 0.3 is 0 Å². The van der Waals surface area contributed by atoms with Crippen LogP contribution in [0.5, 0.6) is 0 Å². The first-order chi connectivity index (χ1) is 11.5. The van der Waals surface area contributed by atoms with Gasteiger partial charge in [0.25, 0.3) is 5.91 Å². The third-order valence-corrected chi connectivity index (χ3v) is 4.20. The van der Waals surface area contributed by atoms with E-state index in [1.54, 1.807) is 5.38 Å². The van der Waals surface area contributed by atoms with Gasteiger partial charge in [0.05, 0.1) is 0 Å². The molecule has 0 unspecified atom stereocenters. The minimum absolute atomic E-state index is 0.327. The van der Waals surface area contributed by atoms with Crippen molar-refractivity contribution >= 4 is 23.2 Å². The van der Waals surface area contributed by atoms with Crippen LogP contribution in [0.15, 0.2) is 35.7 Å². The van der Waals surface area contributed by atoms with Crippen molar-refractivity contribution in [2.24, 2.45) is 0 Å². The van der Waals surface area contributed by atoms with Crippen LogP contribution in [0.3, 0.4) is 0 Å². The van der Waals surface area contributed by atoms with Crippen molar-refractivity contribution in [3.63, 3.8) is 0 Å². The first-order valence-corrected chi connectivity index (χ1v) is 8.30. The van der Waals surface area contributed by atoms with Crippen molar-refractivity contribution in [1.82, 2.24) is 20.4 Å². The Morgan fingerprint density at radius 1 is 1.00 bits per heavy atom. The Bertz CT molecular complexity index is 853. The van der Waals surface area contributed by atoms with Gasteiger partial charge in [-0.3, -0.25) is 15.6 Å². The van der Waals surface area contributed by atoms with E-state index in [1.165, 1.54) is 16.9 Å². The second-order valence-electron chi connectivity index (χ2n) is 5.46. The van der Waals surface area contributed by atoms with Gasteiger partial charge in [0, 0.05) is 22.3 Å². The van der Waals surface area contributed by atoms with E-state index >= 15 is 0 Å². The van der Waals surface area contributed by atoms with Crippen LogP contribution in [0.25, 0.3) is 10.6 Å². The Labute approximate surface area is 144 Å². The van der Waals surface area contributed by atoms with Crippen molar-refractivity contribution in [3.05, 3.63) is 58.4 Å². The van der Waals surface area contributed by atoms with Crippen LogP contribution < -0.4 is 10.9 Å². The van der Waals surface area contributed by atoms with Crippen molar-refractivity contribution in [1.29, 1.82) is 0 Å². The van der Waals surface area contributed by atoms with Gasteiger partial charge in [0.2, 0.25) is 5.95 Å². The summed E-state index contributed by atoms with van der Waals surface area (Å²) in [6.07, 6.45) is 0. The monoisotopic (exact) mass is 339 g/mol. The molecular formula is C17H17N5OS. The van der Waals surface area contributed by atoms with Gasteiger partial charge in [-0.15, -0.1) is 11.3 Å². The van der Waals surface area contributed by atoms with Crippen molar-refractivity contribution < 1.29 is 4.79 Å². The summed E-state index contributed by atoms with van der Waals surface area (Å²) < 4.78 is 0. The van der Waals surface area contributed by atoms with E-state index in [0.717, 1.165) is 22.0 Å². The molecule has 0 saturated carbocycles. The average Bonchev–Trinajstić information content (AvgIpc) is 3.02. The molecule has 3 aromatic rings. The van der Waals surface area contributed by atoms with E-state index in [0.29, 0.717) is 11.6 Å². The molecule has 7 heteroatoms. The highest BCUT2D eigenvalue weighted by Crippen LogP contribution is 2.23. The number of rotatable bonds is 4. The predicted octanol–water partition coefficient (Wildman–Crippen LogP) is 3.28. The number of hydrogen-bond acceptors (Lipinski definition) is 6. The van der Waals surface area contributed by atoms with Gasteiger partial charge in [0.1, 0.15) is 10.7 Å².